The fourth-order valence-corrected chi connectivity index (χ4v) is 2.71. The predicted octanol–water partition coefficient (Wildman–Crippen LogP) is 2.43. The van der Waals surface area contributed by atoms with Gasteiger partial charge in [-0.25, -0.2) is 4.98 Å². The Bertz CT molecular complexity index is 667. The number of aromatic nitrogens is 3. The molecule has 0 atom stereocenters. The van der Waals surface area contributed by atoms with Gasteiger partial charge in [0.25, 0.3) is 0 Å². The topological polar surface area (TPSA) is 48.8 Å². The van der Waals surface area contributed by atoms with Gasteiger partial charge in [0.1, 0.15) is 0 Å². The van der Waals surface area contributed by atoms with E-state index in [0.29, 0.717) is 6.54 Å². The average molecular weight is 268 g/mol. The molecule has 0 aliphatic heterocycles. The van der Waals surface area contributed by atoms with Crippen LogP contribution in [0.4, 0.5) is 0 Å². The maximum atomic E-state index is 5.71. The maximum Gasteiger partial charge on any atom is 0.0945 e. The number of aryl methyl sites for hydroxylation is 2. The van der Waals surface area contributed by atoms with Gasteiger partial charge < -0.3 is 14.9 Å². The summed E-state index contributed by atoms with van der Waals surface area (Å²) in [5.41, 5.74) is 8.37. The number of fused-ring (bicyclic) bond motifs is 1. The molecule has 0 unspecified atom stereocenters. The third-order valence-corrected chi connectivity index (χ3v) is 3.66. The summed E-state index contributed by atoms with van der Waals surface area (Å²) in [5.74, 6) is 0. The molecule has 104 valence electrons. The molecule has 20 heavy (non-hydrogen) atoms. The Kier molecular flexibility index (Phi) is 3.83. The second-order valence-corrected chi connectivity index (χ2v) is 5.06. The van der Waals surface area contributed by atoms with Crippen LogP contribution in [0.2, 0.25) is 0 Å². The zero-order chi connectivity index (χ0) is 13.8. The highest BCUT2D eigenvalue weighted by molar-refractivity contribution is 5.84. The second-order valence-electron chi connectivity index (χ2n) is 5.06. The van der Waals surface area contributed by atoms with Crippen LogP contribution in [0.5, 0.6) is 0 Å². The van der Waals surface area contributed by atoms with Crippen molar-refractivity contribution in [3.05, 3.63) is 54.7 Å². The number of benzene rings is 1. The number of nitrogens with zero attached hydrogens (tertiary/aromatic N) is 3. The molecule has 0 saturated heterocycles. The van der Waals surface area contributed by atoms with E-state index in [4.69, 9.17) is 5.73 Å². The van der Waals surface area contributed by atoms with Crippen molar-refractivity contribution in [2.75, 3.05) is 6.54 Å². The summed E-state index contributed by atoms with van der Waals surface area (Å²) in [6.07, 6.45) is 9.99. The maximum absolute atomic E-state index is 5.71. The number of nitrogens with two attached hydrogens (primary N) is 1. The fourth-order valence-electron chi connectivity index (χ4n) is 2.71. The molecule has 0 radical (unpaired) electrons. The standard InChI is InChI=1S/C16H20N4/c17-7-6-14-12-20(16-5-2-1-4-15(14)16)10-3-9-19-11-8-18-13-19/h1-2,4-5,8,11-13H,3,6-7,9-10,17H2. The molecule has 1 aromatic carbocycles. The first-order chi connectivity index (χ1) is 9.88. The minimum absolute atomic E-state index is 0.697. The van der Waals surface area contributed by atoms with Gasteiger partial charge in [-0.1, -0.05) is 18.2 Å². The smallest absolute Gasteiger partial charge is 0.0945 e. The summed E-state index contributed by atoms with van der Waals surface area (Å²) >= 11 is 0. The normalized spacial score (nSPS) is 11.2. The van der Waals surface area contributed by atoms with Crippen molar-refractivity contribution in [2.45, 2.75) is 25.9 Å². The van der Waals surface area contributed by atoms with Crippen molar-refractivity contribution < 1.29 is 0 Å². The zero-order valence-corrected chi connectivity index (χ0v) is 11.6. The van der Waals surface area contributed by atoms with Crippen LogP contribution in [-0.4, -0.2) is 20.7 Å². The predicted molar refractivity (Wildman–Crippen MR) is 81.5 cm³/mol. The monoisotopic (exact) mass is 268 g/mol. The Hall–Kier alpha value is -2.07. The molecule has 0 amide bonds. The van der Waals surface area contributed by atoms with E-state index < -0.39 is 0 Å². The molecule has 2 aromatic heterocycles. The minimum Gasteiger partial charge on any atom is -0.347 e. The Morgan fingerprint density at radius 2 is 2.05 bits per heavy atom. The molecule has 2 heterocycles. The van der Waals surface area contributed by atoms with Crippen molar-refractivity contribution in [3.63, 3.8) is 0 Å². The van der Waals surface area contributed by atoms with Crippen molar-refractivity contribution >= 4 is 10.9 Å². The Labute approximate surface area is 118 Å². The third kappa shape index (κ3) is 2.60. The molecule has 4 nitrogen and oxygen atoms in total. The van der Waals surface area contributed by atoms with Gasteiger partial charge in [-0.2, -0.15) is 0 Å². The number of imidazole rings is 1. The van der Waals surface area contributed by atoms with Crippen molar-refractivity contribution in [2.24, 2.45) is 5.73 Å². The van der Waals surface area contributed by atoms with Crippen LogP contribution < -0.4 is 5.73 Å². The van der Waals surface area contributed by atoms with Gasteiger partial charge in [0.2, 0.25) is 0 Å². The van der Waals surface area contributed by atoms with Crippen molar-refractivity contribution in [1.82, 2.24) is 14.1 Å². The summed E-state index contributed by atoms with van der Waals surface area (Å²) in [5, 5.41) is 1.33. The molecule has 0 fully saturated rings. The Morgan fingerprint density at radius 1 is 1.15 bits per heavy atom. The molecular formula is C16H20N4. The fraction of sp³-hybridized carbons (Fsp3) is 0.312. The second kappa shape index (κ2) is 5.92. The third-order valence-electron chi connectivity index (χ3n) is 3.66. The van der Waals surface area contributed by atoms with E-state index in [1.54, 1.807) is 0 Å². The lowest BCUT2D eigenvalue weighted by molar-refractivity contribution is 0.572. The summed E-state index contributed by atoms with van der Waals surface area (Å²) in [6.45, 7) is 2.71. The summed E-state index contributed by atoms with van der Waals surface area (Å²) in [7, 11) is 0. The summed E-state index contributed by atoms with van der Waals surface area (Å²) < 4.78 is 4.46. The van der Waals surface area contributed by atoms with Gasteiger partial charge in [-0.15, -0.1) is 0 Å². The molecule has 0 spiro atoms. The van der Waals surface area contributed by atoms with E-state index >= 15 is 0 Å². The van der Waals surface area contributed by atoms with Crippen LogP contribution in [0, 0.1) is 0 Å². The van der Waals surface area contributed by atoms with Gasteiger partial charge in [-0.05, 0) is 31.0 Å². The van der Waals surface area contributed by atoms with Crippen LogP contribution in [0.15, 0.2) is 49.2 Å². The molecular weight excluding hydrogens is 248 g/mol. The van der Waals surface area contributed by atoms with Gasteiger partial charge in [0.05, 0.1) is 6.33 Å². The SMILES string of the molecule is NCCc1cn(CCCn2ccnc2)c2ccccc12. The molecule has 0 saturated carbocycles. The Morgan fingerprint density at radius 3 is 2.85 bits per heavy atom. The van der Waals surface area contributed by atoms with E-state index in [0.717, 1.165) is 25.9 Å². The first-order valence-electron chi connectivity index (χ1n) is 7.11. The van der Waals surface area contributed by atoms with Crippen LogP contribution >= 0.6 is 0 Å². The number of hydrogen-bond donors (Lipinski definition) is 1. The molecule has 0 aliphatic carbocycles. The average Bonchev–Trinajstić information content (AvgIpc) is 3.09. The van der Waals surface area contributed by atoms with Crippen molar-refractivity contribution in [1.29, 1.82) is 0 Å². The highest BCUT2D eigenvalue weighted by Gasteiger charge is 2.06. The lowest BCUT2D eigenvalue weighted by Crippen LogP contribution is -2.03. The lowest BCUT2D eigenvalue weighted by atomic mass is 10.1. The first kappa shape index (κ1) is 12.9. The summed E-state index contributed by atoms with van der Waals surface area (Å²) in [4.78, 5) is 4.07. The van der Waals surface area contributed by atoms with E-state index in [-0.39, 0.29) is 0 Å². The van der Waals surface area contributed by atoms with Crippen LogP contribution in [0.3, 0.4) is 0 Å². The van der Waals surface area contributed by atoms with Gasteiger partial charge >= 0.3 is 0 Å². The molecule has 0 aliphatic rings. The molecule has 4 heteroatoms. The van der Waals surface area contributed by atoms with E-state index in [1.807, 2.05) is 18.7 Å². The molecule has 2 N–H and O–H groups in total. The van der Waals surface area contributed by atoms with E-state index in [2.05, 4.69) is 44.6 Å². The van der Waals surface area contributed by atoms with Crippen LogP contribution in [0.25, 0.3) is 10.9 Å². The largest absolute Gasteiger partial charge is 0.347 e. The summed E-state index contributed by atoms with van der Waals surface area (Å²) in [6, 6.07) is 8.57. The van der Waals surface area contributed by atoms with Crippen LogP contribution in [0.1, 0.15) is 12.0 Å². The minimum atomic E-state index is 0.697. The van der Waals surface area contributed by atoms with Crippen molar-refractivity contribution in [3.8, 4) is 0 Å². The zero-order valence-electron chi connectivity index (χ0n) is 11.6. The highest BCUT2D eigenvalue weighted by atomic mass is 15.0. The van der Waals surface area contributed by atoms with Gasteiger partial charge in [0, 0.05) is 42.6 Å². The lowest BCUT2D eigenvalue weighted by Gasteiger charge is -2.05. The van der Waals surface area contributed by atoms with Gasteiger partial charge in [-0.3, -0.25) is 0 Å². The quantitative estimate of drug-likeness (QED) is 0.746. The van der Waals surface area contributed by atoms with E-state index in [9.17, 15) is 0 Å². The van der Waals surface area contributed by atoms with Crippen LogP contribution in [-0.2, 0) is 19.5 Å². The van der Waals surface area contributed by atoms with E-state index in [1.165, 1.54) is 16.5 Å². The number of para-hydroxylation sites is 1. The highest BCUT2D eigenvalue weighted by Crippen LogP contribution is 2.22. The molecule has 0 bridgehead atoms. The molecule has 3 aromatic rings. The number of hydrogen-bond acceptors (Lipinski definition) is 2. The first-order valence-corrected chi connectivity index (χ1v) is 7.11. The van der Waals surface area contributed by atoms with Gasteiger partial charge in [0.15, 0.2) is 0 Å². The Balaban J connectivity index is 1.77. The molecule has 3 rings (SSSR count). The number of rotatable bonds is 6.